The van der Waals surface area contributed by atoms with Gasteiger partial charge in [0.25, 0.3) is 0 Å². The van der Waals surface area contributed by atoms with Gasteiger partial charge in [0.15, 0.2) is 10.8 Å². The third kappa shape index (κ3) is 1.77. The van der Waals surface area contributed by atoms with Crippen LogP contribution in [-0.2, 0) is 5.66 Å². The number of hydrazine groups is 1. The number of nitrogens with zero attached hydrogens (tertiary/aromatic N) is 1. The molecular weight excluding hydrogens is 246 g/mol. The van der Waals surface area contributed by atoms with E-state index in [0.29, 0.717) is 5.11 Å². The van der Waals surface area contributed by atoms with Crippen molar-refractivity contribution < 1.29 is 4.42 Å². The first-order valence-corrected chi connectivity index (χ1v) is 6.09. The van der Waals surface area contributed by atoms with Crippen LogP contribution in [0.4, 0.5) is 5.69 Å². The SMILES string of the molecule is CC1(c2ccco2)NC(=S)N(c2ccccc2)N1. The second-order valence-corrected chi connectivity index (χ2v) is 4.70. The van der Waals surface area contributed by atoms with Crippen molar-refractivity contribution in [2.45, 2.75) is 12.6 Å². The highest BCUT2D eigenvalue weighted by atomic mass is 32.1. The molecule has 1 atom stereocenters. The summed E-state index contributed by atoms with van der Waals surface area (Å²) in [4.78, 5) is 0. The average molecular weight is 259 g/mol. The number of hydrogen-bond donors (Lipinski definition) is 2. The van der Waals surface area contributed by atoms with Crippen LogP contribution in [0.5, 0.6) is 0 Å². The minimum atomic E-state index is -0.517. The van der Waals surface area contributed by atoms with Crippen molar-refractivity contribution in [1.82, 2.24) is 10.7 Å². The second kappa shape index (κ2) is 4.12. The normalized spacial score (nSPS) is 23.2. The number of rotatable bonds is 2. The Bertz CT molecular complexity index is 555. The number of para-hydroxylation sites is 1. The van der Waals surface area contributed by atoms with Crippen molar-refractivity contribution >= 4 is 23.0 Å². The van der Waals surface area contributed by atoms with Gasteiger partial charge < -0.3 is 9.73 Å². The summed E-state index contributed by atoms with van der Waals surface area (Å²) in [5.41, 5.74) is 3.80. The van der Waals surface area contributed by atoms with E-state index in [1.54, 1.807) is 6.26 Å². The molecule has 3 rings (SSSR count). The van der Waals surface area contributed by atoms with Gasteiger partial charge in [-0.1, -0.05) is 18.2 Å². The maximum atomic E-state index is 5.44. The summed E-state index contributed by atoms with van der Waals surface area (Å²) in [5, 5.41) is 5.70. The molecule has 1 aromatic heterocycles. The van der Waals surface area contributed by atoms with Gasteiger partial charge in [-0.05, 0) is 43.4 Å². The standard InChI is InChI=1S/C13H13N3OS/c1-13(11-8-5-9-17-11)14-12(18)16(15-13)10-6-3-2-4-7-10/h2-9,15H,1H3,(H,14,18). The summed E-state index contributed by atoms with van der Waals surface area (Å²) in [5.74, 6) is 0.795. The van der Waals surface area contributed by atoms with Crippen molar-refractivity contribution in [2.75, 3.05) is 5.01 Å². The Labute approximate surface area is 111 Å². The number of anilines is 1. The smallest absolute Gasteiger partial charge is 0.190 e. The maximum Gasteiger partial charge on any atom is 0.190 e. The number of benzene rings is 1. The van der Waals surface area contributed by atoms with E-state index in [9.17, 15) is 0 Å². The predicted molar refractivity (Wildman–Crippen MR) is 73.9 cm³/mol. The van der Waals surface area contributed by atoms with Crippen LogP contribution in [-0.4, -0.2) is 5.11 Å². The number of furan rings is 1. The number of hydrogen-bond acceptors (Lipinski definition) is 3. The van der Waals surface area contributed by atoms with Crippen LogP contribution in [0.15, 0.2) is 53.1 Å². The molecule has 0 spiro atoms. The van der Waals surface area contributed by atoms with Gasteiger partial charge in [-0.3, -0.25) is 0 Å². The average Bonchev–Trinajstić information content (AvgIpc) is 2.99. The van der Waals surface area contributed by atoms with E-state index in [0.717, 1.165) is 11.4 Å². The Morgan fingerprint density at radius 3 is 2.61 bits per heavy atom. The van der Waals surface area contributed by atoms with Crippen molar-refractivity contribution in [3.05, 3.63) is 54.5 Å². The molecule has 2 heterocycles. The van der Waals surface area contributed by atoms with Gasteiger partial charge in [-0.2, -0.15) is 5.43 Å². The van der Waals surface area contributed by atoms with E-state index in [-0.39, 0.29) is 0 Å². The van der Waals surface area contributed by atoms with Crippen LogP contribution in [0, 0.1) is 0 Å². The first-order valence-electron chi connectivity index (χ1n) is 5.68. The Hall–Kier alpha value is -1.85. The van der Waals surface area contributed by atoms with Crippen LogP contribution in [0.2, 0.25) is 0 Å². The Morgan fingerprint density at radius 2 is 1.94 bits per heavy atom. The lowest BCUT2D eigenvalue weighted by molar-refractivity contribution is 0.306. The third-order valence-electron chi connectivity index (χ3n) is 2.92. The van der Waals surface area contributed by atoms with Crippen LogP contribution < -0.4 is 15.8 Å². The fourth-order valence-corrected chi connectivity index (χ4v) is 2.37. The highest BCUT2D eigenvalue weighted by Gasteiger charge is 2.40. The predicted octanol–water partition coefficient (Wildman–Crippen LogP) is 2.35. The highest BCUT2D eigenvalue weighted by molar-refractivity contribution is 7.80. The van der Waals surface area contributed by atoms with Gasteiger partial charge >= 0.3 is 0 Å². The lowest BCUT2D eigenvalue weighted by Crippen LogP contribution is -2.45. The fourth-order valence-electron chi connectivity index (χ4n) is 2.01. The molecule has 1 aliphatic rings. The molecule has 1 saturated heterocycles. The molecule has 0 aliphatic carbocycles. The second-order valence-electron chi connectivity index (χ2n) is 4.32. The summed E-state index contributed by atoms with van der Waals surface area (Å²) in [6, 6.07) is 13.7. The minimum absolute atomic E-state index is 0.517. The zero-order valence-electron chi connectivity index (χ0n) is 9.88. The van der Waals surface area contributed by atoms with Crippen LogP contribution in [0.25, 0.3) is 0 Å². The zero-order valence-corrected chi connectivity index (χ0v) is 10.7. The summed E-state index contributed by atoms with van der Waals surface area (Å²) in [7, 11) is 0. The van der Waals surface area contributed by atoms with Gasteiger partial charge in [0.1, 0.15) is 5.76 Å². The molecule has 1 fully saturated rings. The molecule has 92 valence electrons. The van der Waals surface area contributed by atoms with Crippen molar-refractivity contribution in [2.24, 2.45) is 0 Å². The number of nitrogens with one attached hydrogen (secondary N) is 2. The highest BCUT2D eigenvalue weighted by Crippen LogP contribution is 2.26. The van der Waals surface area contributed by atoms with Crippen LogP contribution in [0.3, 0.4) is 0 Å². The molecule has 2 aromatic rings. The largest absolute Gasteiger partial charge is 0.465 e. The first kappa shape index (κ1) is 11.3. The lowest BCUT2D eigenvalue weighted by Gasteiger charge is -2.23. The zero-order chi connectivity index (χ0) is 12.6. The molecule has 5 heteroatoms. The Balaban J connectivity index is 1.91. The molecule has 18 heavy (non-hydrogen) atoms. The van der Waals surface area contributed by atoms with E-state index in [4.69, 9.17) is 16.6 Å². The fraction of sp³-hybridized carbons (Fsp3) is 0.154. The quantitative estimate of drug-likeness (QED) is 0.810. The van der Waals surface area contributed by atoms with Crippen LogP contribution in [0.1, 0.15) is 12.7 Å². The van der Waals surface area contributed by atoms with Gasteiger partial charge in [-0.25, -0.2) is 5.01 Å². The monoisotopic (exact) mass is 259 g/mol. The molecule has 2 N–H and O–H groups in total. The molecule has 0 saturated carbocycles. The lowest BCUT2D eigenvalue weighted by atomic mass is 10.1. The van der Waals surface area contributed by atoms with E-state index < -0.39 is 5.66 Å². The van der Waals surface area contributed by atoms with Crippen molar-refractivity contribution in [1.29, 1.82) is 0 Å². The topological polar surface area (TPSA) is 40.4 Å². The summed E-state index contributed by atoms with van der Waals surface area (Å²) in [6.45, 7) is 1.99. The van der Waals surface area contributed by atoms with Crippen LogP contribution >= 0.6 is 12.2 Å². The summed E-state index contributed by atoms with van der Waals surface area (Å²) < 4.78 is 5.44. The molecule has 4 nitrogen and oxygen atoms in total. The summed E-state index contributed by atoms with van der Waals surface area (Å²) in [6.07, 6.45) is 1.65. The van der Waals surface area contributed by atoms with E-state index >= 15 is 0 Å². The number of thiocarbonyl (C=S) groups is 1. The molecule has 0 radical (unpaired) electrons. The van der Waals surface area contributed by atoms with E-state index in [2.05, 4.69) is 10.7 Å². The molecule has 0 amide bonds. The molecule has 1 unspecified atom stereocenters. The van der Waals surface area contributed by atoms with Crippen molar-refractivity contribution in [3.63, 3.8) is 0 Å². The molecule has 0 bridgehead atoms. The summed E-state index contributed by atoms with van der Waals surface area (Å²) >= 11 is 5.36. The molecule has 1 aliphatic heterocycles. The first-order chi connectivity index (χ1) is 8.69. The Morgan fingerprint density at radius 1 is 1.17 bits per heavy atom. The minimum Gasteiger partial charge on any atom is -0.465 e. The van der Waals surface area contributed by atoms with Gasteiger partial charge in [0.2, 0.25) is 0 Å². The maximum absolute atomic E-state index is 5.44. The van der Waals surface area contributed by atoms with E-state index in [1.165, 1.54) is 0 Å². The third-order valence-corrected chi connectivity index (χ3v) is 3.21. The Kier molecular flexibility index (Phi) is 2.57. The van der Waals surface area contributed by atoms with E-state index in [1.807, 2.05) is 54.4 Å². The van der Waals surface area contributed by atoms with Crippen molar-refractivity contribution in [3.8, 4) is 0 Å². The van der Waals surface area contributed by atoms with Gasteiger partial charge in [-0.15, -0.1) is 0 Å². The van der Waals surface area contributed by atoms with Gasteiger partial charge in [0.05, 0.1) is 12.0 Å². The van der Waals surface area contributed by atoms with Gasteiger partial charge in [0, 0.05) is 0 Å². The molecular formula is C13H13N3OS. The molecule has 1 aromatic carbocycles.